The number of hydrogen-bond acceptors (Lipinski definition) is 4. The lowest BCUT2D eigenvalue weighted by Gasteiger charge is -2.13. The molecule has 3 N–H and O–H groups in total. The van der Waals surface area contributed by atoms with Gasteiger partial charge in [-0.2, -0.15) is 0 Å². The summed E-state index contributed by atoms with van der Waals surface area (Å²) in [4.78, 5) is 4.34. The summed E-state index contributed by atoms with van der Waals surface area (Å²) < 4.78 is 10.7. The van der Waals surface area contributed by atoms with E-state index in [0.29, 0.717) is 30.8 Å². The van der Waals surface area contributed by atoms with E-state index in [9.17, 15) is 5.11 Å². The molecule has 6 nitrogen and oxygen atoms in total. The van der Waals surface area contributed by atoms with Gasteiger partial charge in [0.25, 0.3) is 0 Å². The van der Waals surface area contributed by atoms with Crippen molar-refractivity contribution in [3.8, 4) is 0 Å². The predicted molar refractivity (Wildman–Crippen MR) is 103 cm³/mol. The number of ether oxygens (including phenoxy) is 1. The zero-order valence-electron chi connectivity index (χ0n) is 14.2. The highest BCUT2D eigenvalue weighted by molar-refractivity contribution is 14.0. The first-order valence-corrected chi connectivity index (χ1v) is 7.94. The topological polar surface area (TPSA) is 79.0 Å². The molecule has 0 amide bonds. The predicted octanol–water partition coefficient (Wildman–Crippen LogP) is 2.55. The zero-order valence-corrected chi connectivity index (χ0v) is 16.6. The third-order valence-corrected chi connectivity index (χ3v) is 3.02. The molecule has 0 aromatic carbocycles. The molecule has 0 saturated heterocycles. The van der Waals surface area contributed by atoms with E-state index in [1.54, 1.807) is 18.4 Å². The largest absolute Gasteiger partial charge is 0.467 e. The molecule has 0 aliphatic heterocycles. The summed E-state index contributed by atoms with van der Waals surface area (Å²) in [6, 6.07) is 3.49. The van der Waals surface area contributed by atoms with E-state index in [-0.39, 0.29) is 30.5 Å². The Morgan fingerprint density at radius 2 is 2.13 bits per heavy atom. The molecule has 0 bridgehead atoms. The molecule has 1 aromatic rings. The van der Waals surface area contributed by atoms with Crippen LogP contribution in [0, 0.1) is 5.92 Å². The molecule has 134 valence electrons. The maximum absolute atomic E-state index is 9.94. The summed E-state index contributed by atoms with van der Waals surface area (Å²) in [5.74, 6) is 1.85. The summed E-state index contributed by atoms with van der Waals surface area (Å²) in [6.45, 7) is 9.47. The van der Waals surface area contributed by atoms with Gasteiger partial charge >= 0.3 is 0 Å². The average Bonchev–Trinajstić information content (AvgIpc) is 3.01. The van der Waals surface area contributed by atoms with Crippen molar-refractivity contribution in [2.45, 2.75) is 33.3 Å². The van der Waals surface area contributed by atoms with E-state index in [2.05, 4.69) is 29.5 Å². The lowest BCUT2D eigenvalue weighted by atomic mass is 10.1. The second-order valence-corrected chi connectivity index (χ2v) is 5.47. The van der Waals surface area contributed by atoms with Crippen LogP contribution in [-0.2, 0) is 4.74 Å². The summed E-state index contributed by atoms with van der Waals surface area (Å²) in [5.41, 5.74) is 0. The van der Waals surface area contributed by atoms with Crippen molar-refractivity contribution in [1.82, 2.24) is 10.6 Å². The Morgan fingerprint density at radius 3 is 2.74 bits per heavy atom. The van der Waals surface area contributed by atoms with Crippen molar-refractivity contribution >= 4 is 29.9 Å². The number of aliphatic imine (C=N–C) groups is 1. The van der Waals surface area contributed by atoms with Crippen LogP contribution in [-0.4, -0.2) is 43.9 Å². The van der Waals surface area contributed by atoms with E-state index in [4.69, 9.17) is 9.15 Å². The van der Waals surface area contributed by atoms with Gasteiger partial charge in [-0.1, -0.05) is 13.8 Å². The fourth-order valence-corrected chi connectivity index (χ4v) is 1.75. The highest BCUT2D eigenvalue weighted by Gasteiger charge is 2.09. The van der Waals surface area contributed by atoms with Gasteiger partial charge in [0.15, 0.2) is 5.96 Å². The maximum atomic E-state index is 9.94. The Morgan fingerprint density at radius 1 is 1.35 bits per heavy atom. The highest BCUT2D eigenvalue weighted by atomic mass is 127. The van der Waals surface area contributed by atoms with Gasteiger partial charge in [-0.05, 0) is 31.4 Å². The summed E-state index contributed by atoms with van der Waals surface area (Å²) >= 11 is 0. The monoisotopic (exact) mass is 439 g/mol. The second-order valence-electron chi connectivity index (χ2n) is 5.47. The van der Waals surface area contributed by atoms with E-state index in [0.717, 1.165) is 19.6 Å². The van der Waals surface area contributed by atoms with Gasteiger partial charge < -0.3 is 24.9 Å². The molecule has 1 aromatic heterocycles. The van der Waals surface area contributed by atoms with Crippen LogP contribution in [0.5, 0.6) is 0 Å². The molecular formula is C16H30IN3O3. The molecule has 1 rings (SSSR count). The molecule has 0 aliphatic rings. The Labute approximate surface area is 156 Å². The Kier molecular flexibility index (Phi) is 13.1. The summed E-state index contributed by atoms with van der Waals surface area (Å²) in [5, 5.41) is 16.3. The first kappa shape index (κ1) is 22.2. The number of hydrogen-bond donors (Lipinski definition) is 3. The minimum atomic E-state index is -0.729. The molecular weight excluding hydrogens is 409 g/mol. The van der Waals surface area contributed by atoms with Gasteiger partial charge in [0.05, 0.1) is 19.4 Å². The standard InChI is InChI=1S/C16H29N3O3.HI/c1-4-17-16(18-8-11-21-10-7-13(2)3)19-12-14(20)15-6-5-9-22-15;/h5-6,9,13-14,20H,4,7-8,10-12H2,1-3H3,(H2,17,18,19);1H. The van der Waals surface area contributed by atoms with Gasteiger partial charge in [-0.15, -0.1) is 24.0 Å². The first-order valence-electron chi connectivity index (χ1n) is 7.94. The fraction of sp³-hybridized carbons (Fsp3) is 0.688. The minimum Gasteiger partial charge on any atom is -0.467 e. The van der Waals surface area contributed by atoms with Crippen LogP contribution >= 0.6 is 24.0 Å². The molecule has 1 heterocycles. The van der Waals surface area contributed by atoms with Crippen molar-refractivity contribution < 1.29 is 14.3 Å². The Bertz CT molecular complexity index is 411. The van der Waals surface area contributed by atoms with Crippen molar-refractivity contribution in [1.29, 1.82) is 0 Å². The van der Waals surface area contributed by atoms with Crippen LogP contribution in [0.1, 0.15) is 39.1 Å². The van der Waals surface area contributed by atoms with Gasteiger partial charge in [-0.25, -0.2) is 0 Å². The van der Waals surface area contributed by atoms with E-state index in [1.165, 1.54) is 0 Å². The van der Waals surface area contributed by atoms with Gasteiger partial charge in [-0.3, -0.25) is 4.99 Å². The number of nitrogens with one attached hydrogen (secondary N) is 2. The fourth-order valence-electron chi connectivity index (χ4n) is 1.75. The minimum absolute atomic E-state index is 0. The van der Waals surface area contributed by atoms with Crippen molar-refractivity contribution in [3.05, 3.63) is 24.2 Å². The van der Waals surface area contributed by atoms with Gasteiger partial charge in [0.2, 0.25) is 0 Å². The highest BCUT2D eigenvalue weighted by Crippen LogP contribution is 2.12. The smallest absolute Gasteiger partial charge is 0.191 e. The molecule has 0 spiro atoms. The molecule has 0 aliphatic carbocycles. The van der Waals surface area contributed by atoms with Crippen LogP contribution in [0.2, 0.25) is 0 Å². The molecule has 1 unspecified atom stereocenters. The first-order chi connectivity index (χ1) is 10.6. The molecule has 1 atom stereocenters. The normalized spacial score (nSPS) is 12.8. The van der Waals surface area contributed by atoms with Crippen LogP contribution in [0.25, 0.3) is 0 Å². The second kappa shape index (κ2) is 13.6. The molecule has 0 radical (unpaired) electrons. The number of halogens is 1. The molecule has 7 heteroatoms. The van der Waals surface area contributed by atoms with Gasteiger partial charge in [0.1, 0.15) is 11.9 Å². The van der Waals surface area contributed by atoms with Crippen LogP contribution in [0.4, 0.5) is 0 Å². The molecule has 0 saturated carbocycles. The zero-order chi connectivity index (χ0) is 16.2. The number of aliphatic hydroxyl groups is 1. The third-order valence-electron chi connectivity index (χ3n) is 3.02. The Hall–Kier alpha value is -0.800. The van der Waals surface area contributed by atoms with Crippen molar-refractivity contribution in [2.75, 3.05) is 32.8 Å². The van der Waals surface area contributed by atoms with E-state index in [1.807, 2.05) is 6.92 Å². The number of aliphatic hydroxyl groups excluding tert-OH is 1. The number of nitrogens with zero attached hydrogens (tertiary/aromatic N) is 1. The number of furan rings is 1. The van der Waals surface area contributed by atoms with E-state index < -0.39 is 6.10 Å². The van der Waals surface area contributed by atoms with Crippen LogP contribution in [0.15, 0.2) is 27.8 Å². The SMILES string of the molecule is CCNC(=NCC(O)c1ccco1)NCCOCCC(C)C.I. The quantitative estimate of drug-likeness (QED) is 0.226. The lowest BCUT2D eigenvalue weighted by Crippen LogP contribution is -2.39. The van der Waals surface area contributed by atoms with E-state index >= 15 is 0 Å². The van der Waals surface area contributed by atoms with Crippen LogP contribution in [0.3, 0.4) is 0 Å². The average molecular weight is 439 g/mol. The number of rotatable bonds is 10. The molecule has 0 fully saturated rings. The van der Waals surface area contributed by atoms with Crippen LogP contribution < -0.4 is 10.6 Å². The third kappa shape index (κ3) is 10.6. The lowest BCUT2D eigenvalue weighted by molar-refractivity contribution is 0.128. The van der Waals surface area contributed by atoms with Crippen molar-refractivity contribution in [3.63, 3.8) is 0 Å². The van der Waals surface area contributed by atoms with Gasteiger partial charge in [0, 0.05) is 19.7 Å². The number of guanidine groups is 1. The summed E-state index contributed by atoms with van der Waals surface area (Å²) in [6.07, 6.45) is 1.89. The maximum Gasteiger partial charge on any atom is 0.191 e. The molecule has 23 heavy (non-hydrogen) atoms. The Balaban J connectivity index is 0.00000484. The summed E-state index contributed by atoms with van der Waals surface area (Å²) in [7, 11) is 0. The van der Waals surface area contributed by atoms with Crippen molar-refractivity contribution in [2.24, 2.45) is 10.9 Å².